The van der Waals surface area contributed by atoms with Gasteiger partial charge in [-0.2, -0.15) is 13.2 Å². The smallest absolute Gasteiger partial charge is 0.387 e. The summed E-state index contributed by atoms with van der Waals surface area (Å²) in [5, 5.41) is 14.8. The van der Waals surface area contributed by atoms with Gasteiger partial charge in [0.25, 0.3) is 0 Å². The van der Waals surface area contributed by atoms with Gasteiger partial charge in [0, 0.05) is 48.4 Å². The lowest BCUT2D eigenvalue weighted by atomic mass is 10.0. The zero-order valence-corrected chi connectivity index (χ0v) is 14.9. The van der Waals surface area contributed by atoms with Gasteiger partial charge in [0.2, 0.25) is 0 Å². The molecule has 0 aliphatic heterocycles. The predicted octanol–water partition coefficient (Wildman–Crippen LogP) is 4.42. The maximum Gasteiger partial charge on any atom is 0.389 e. The van der Waals surface area contributed by atoms with E-state index in [4.69, 9.17) is 0 Å². The van der Waals surface area contributed by atoms with E-state index in [1.165, 1.54) is 6.20 Å². The van der Waals surface area contributed by atoms with E-state index < -0.39 is 25.1 Å². The van der Waals surface area contributed by atoms with E-state index in [9.17, 15) is 18.3 Å². The highest BCUT2D eigenvalue weighted by molar-refractivity contribution is 5.86. The molecule has 27 heavy (non-hydrogen) atoms. The molecule has 0 aromatic carbocycles. The first-order valence-corrected chi connectivity index (χ1v) is 8.42. The van der Waals surface area contributed by atoms with Crippen molar-refractivity contribution in [2.24, 2.45) is 0 Å². The molecule has 0 saturated heterocycles. The quantitative estimate of drug-likeness (QED) is 0.690. The molecule has 0 unspecified atom stereocenters. The van der Waals surface area contributed by atoms with Crippen LogP contribution < -0.4 is 5.32 Å². The largest absolute Gasteiger partial charge is 0.389 e. The first kappa shape index (κ1) is 19.0. The zero-order valence-electron chi connectivity index (χ0n) is 14.9. The molecule has 0 aliphatic carbocycles. The third kappa shape index (κ3) is 4.51. The van der Waals surface area contributed by atoms with Gasteiger partial charge in [0.1, 0.15) is 5.82 Å². The van der Waals surface area contributed by atoms with Crippen molar-refractivity contribution in [3.05, 3.63) is 48.0 Å². The molecule has 142 valence electrons. The van der Waals surface area contributed by atoms with Crippen LogP contribution in [0.25, 0.3) is 22.0 Å². The van der Waals surface area contributed by atoms with E-state index in [0.717, 1.165) is 27.7 Å². The van der Waals surface area contributed by atoms with Gasteiger partial charge in [-0.1, -0.05) is 0 Å². The lowest BCUT2D eigenvalue weighted by molar-refractivity contribution is -0.140. The van der Waals surface area contributed by atoms with Crippen LogP contribution in [-0.4, -0.2) is 33.3 Å². The number of fused-ring (bicyclic) bond motifs is 1. The fourth-order valence-corrected chi connectivity index (χ4v) is 2.80. The number of pyridine rings is 3. The first-order chi connectivity index (χ1) is 12.8. The maximum absolute atomic E-state index is 12.3. The number of rotatable bonds is 5. The van der Waals surface area contributed by atoms with Crippen LogP contribution in [0.1, 0.15) is 30.2 Å². The van der Waals surface area contributed by atoms with Crippen molar-refractivity contribution in [2.45, 2.75) is 32.0 Å². The molecule has 0 fully saturated rings. The summed E-state index contributed by atoms with van der Waals surface area (Å²) in [7, 11) is 1.79. The summed E-state index contributed by atoms with van der Waals surface area (Å²) in [4.78, 5) is 12.9. The summed E-state index contributed by atoms with van der Waals surface area (Å²) in [6.07, 6.45) is -2.01. The Morgan fingerprint density at radius 1 is 1.04 bits per heavy atom. The number of halogens is 3. The number of aryl methyl sites for hydroxylation is 1. The topological polar surface area (TPSA) is 70.9 Å². The van der Waals surface area contributed by atoms with Gasteiger partial charge in [0.05, 0.1) is 17.5 Å². The number of hydrogen-bond donors (Lipinski definition) is 2. The highest BCUT2D eigenvalue weighted by Gasteiger charge is 2.28. The van der Waals surface area contributed by atoms with Crippen LogP contribution >= 0.6 is 0 Å². The zero-order chi connectivity index (χ0) is 19.6. The van der Waals surface area contributed by atoms with E-state index in [0.29, 0.717) is 5.69 Å². The number of anilines is 1. The summed E-state index contributed by atoms with van der Waals surface area (Å²) in [5.74, 6) is 0.743. The molecule has 0 aliphatic rings. The number of aliphatic hydroxyl groups excluding tert-OH is 1. The van der Waals surface area contributed by atoms with Crippen molar-refractivity contribution < 1.29 is 18.3 Å². The van der Waals surface area contributed by atoms with Gasteiger partial charge in [-0.3, -0.25) is 9.97 Å². The summed E-state index contributed by atoms with van der Waals surface area (Å²) in [6, 6.07) is 5.37. The SMILES string of the molecule is CNc1cc2cnc(-c3cnc([C@@H](O)CCC(F)(F)F)cc3C)cc2cn1. The molecule has 2 N–H and O–H groups in total. The van der Waals surface area contributed by atoms with Gasteiger partial charge >= 0.3 is 6.18 Å². The molecule has 8 heteroatoms. The number of hydrogen-bond acceptors (Lipinski definition) is 5. The van der Waals surface area contributed by atoms with Crippen LogP contribution in [0.3, 0.4) is 0 Å². The Hall–Kier alpha value is -2.74. The normalized spacial score (nSPS) is 13.0. The Kier molecular flexibility index (Phi) is 5.27. The van der Waals surface area contributed by atoms with E-state index in [1.54, 1.807) is 25.5 Å². The fraction of sp³-hybridized carbons (Fsp3) is 0.316. The second kappa shape index (κ2) is 7.48. The van der Waals surface area contributed by atoms with E-state index in [-0.39, 0.29) is 5.69 Å². The first-order valence-electron chi connectivity index (χ1n) is 8.42. The fourth-order valence-electron chi connectivity index (χ4n) is 2.80. The lowest BCUT2D eigenvalue weighted by Gasteiger charge is -2.14. The highest BCUT2D eigenvalue weighted by atomic mass is 19.4. The van der Waals surface area contributed by atoms with Gasteiger partial charge < -0.3 is 10.4 Å². The molecule has 3 heterocycles. The number of alkyl halides is 3. The Labute approximate surface area is 154 Å². The average Bonchev–Trinajstić information content (AvgIpc) is 2.64. The van der Waals surface area contributed by atoms with Crippen LogP contribution in [0.5, 0.6) is 0 Å². The van der Waals surface area contributed by atoms with Crippen LogP contribution in [0.2, 0.25) is 0 Å². The molecule has 0 radical (unpaired) electrons. The molecule has 3 rings (SSSR count). The minimum Gasteiger partial charge on any atom is -0.387 e. The number of aliphatic hydroxyl groups is 1. The standard InChI is InChI=1S/C19H19F3N4O/c1-11-5-16(17(27)3-4-19(20,21)22)25-10-14(11)15-6-12-9-26-18(23-2)7-13(12)8-24-15/h5-10,17,27H,3-4H2,1-2H3,(H,23,26)/t17-/m0/s1. The van der Waals surface area contributed by atoms with Gasteiger partial charge in [-0.15, -0.1) is 0 Å². The molecule has 0 bridgehead atoms. The van der Waals surface area contributed by atoms with E-state index in [1.807, 2.05) is 19.1 Å². The number of nitrogens with zero attached hydrogens (tertiary/aromatic N) is 3. The minimum atomic E-state index is -4.30. The van der Waals surface area contributed by atoms with Crippen LogP contribution in [0.4, 0.5) is 19.0 Å². The third-order valence-electron chi connectivity index (χ3n) is 4.31. The van der Waals surface area contributed by atoms with Crippen molar-refractivity contribution in [3.8, 4) is 11.3 Å². The van der Waals surface area contributed by atoms with E-state index >= 15 is 0 Å². The Bertz CT molecular complexity index is 959. The van der Waals surface area contributed by atoms with Crippen molar-refractivity contribution >= 4 is 16.6 Å². The second-order valence-electron chi connectivity index (χ2n) is 6.33. The van der Waals surface area contributed by atoms with Crippen molar-refractivity contribution in [1.29, 1.82) is 0 Å². The van der Waals surface area contributed by atoms with Crippen molar-refractivity contribution in [1.82, 2.24) is 15.0 Å². The third-order valence-corrected chi connectivity index (χ3v) is 4.31. The molecule has 0 amide bonds. The van der Waals surface area contributed by atoms with Gasteiger partial charge in [0.15, 0.2) is 0 Å². The molecular formula is C19H19F3N4O. The molecule has 3 aromatic rings. The van der Waals surface area contributed by atoms with Crippen molar-refractivity contribution in [2.75, 3.05) is 12.4 Å². The molecule has 0 spiro atoms. The van der Waals surface area contributed by atoms with Gasteiger partial charge in [-0.25, -0.2) is 4.98 Å². The molecule has 3 aromatic heterocycles. The van der Waals surface area contributed by atoms with Crippen LogP contribution in [0, 0.1) is 6.92 Å². The van der Waals surface area contributed by atoms with Gasteiger partial charge in [-0.05, 0) is 37.1 Å². The maximum atomic E-state index is 12.3. The Morgan fingerprint density at radius 3 is 2.41 bits per heavy atom. The second-order valence-corrected chi connectivity index (χ2v) is 6.33. The Balaban J connectivity index is 1.86. The summed E-state index contributed by atoms with van der Waals surface area (Å²) >= 11 is 0. The minimum absolute atomic E-state index is 0.224. The molecule has 5 nitrogen and oxygen atoms in total. The molecular weight excluding hydrogens is 357 g/mol. The van der Waals surface area contributed by atoms with Crippen LogP contribution in [0.15, 0.2) is 36.8 Å². The number of aromatic nitrogens is 3. The highest BCUT2D eigenvalue weighted by Crippen LogP contribution is 2.29. The lowest BCUT2D eigenvalue weighted by Crippen LogP contribution is -2.11. The predicted molar refractivity (Wildman–Crippen MR) is 97.3 cm³/mol. The summed E-state index contributed by atoms with van der Waals surface area (Å²) < 4.78 is 37.0. The van der Waals surface area contributed by atoms with Crippen LogP contribution in [-0.2, 0) is 0 Å². The number of nitrogens with one attached hydrogen (secondary N) is 1. The monoisotopic (exact) mass is 376 g/mol. The average molecular weight is 376 g/mol. The summed E-state index contributed by atoms with van der Waals surface area (Å²) in [5.41, 5.74) is 2.43. The van der Waals surface area contributed by atoms with E-state index in [2.05, 4.69) is 20.3 Å². The van der Waals surface area contributed by atoms with Crippen molar-refractivity contribution in [3.63, 3.8) is 0 Å². The molecule has 0 saturated carbocycles. The Morgan fingerprint density at radius 2 is 1.74 bits per heavy atom. The molecule has 1 atom stereocenters. The summed E-state index contributed by atoms with van der Waals surface area (Å²) in [6.45, 7) is 1.81.